The predicted molar refractivity (Wildman–Crippen MR) is 93.4 cm³/mol. The maximum absolute atomic E-state index is 14.0. The highest BCUT2D eigenvalue weighted by Crippen LogP contribution is 2.37. The van der Waals surface area contributed by atoms with Gasteiger partial charge in [0.1, 0.15) is 12.0 Å². The van der Waals surface area contributed by atoms with Gasteiger partial charge < -0.3 is 19.7 Å². The van der Waals surface area contributed by atoms with Crippen molar-refractivity contribution in [3.63, 3.8) is 0 Å². The van der Waals surface area contributed by atoms with E-state index in [4.69, 9.17) is 4.42 Å². The maximum Gasteiger partial charge on any atom is 0.273 e. The molecule has 0 unspecified atom stereocenters. The number of nitrogens with one attached hydrogen (secondary N) is 1. The van der Waals surface area contributed by atoms with Gasteiger partial charge in [-0.25, -0.2) is 13.8 Å². The van der Waals surface area contributed by atoms with Crippen LogP contribution in [0.5, 0.6) is 0 Å². The molecule has 2 fully saturated rings. The third kappa shape index (κ3) is 3.49. The Morgan fingerprint density at radius 2 is 2.07 bits per heavy atom. The number of carbonyl (C=O) groups excluding carboxylic acids is 2. The number of nitrogens with zero attached hydrogens (tertiary/aromatic N) is 2. The molecule has 1 aliphatic heterocycles. The summed E-state index contributed by atoms with van der Waals surface area (Å²) in [5.74, 6) is -2.11. The van der Waals surface area contributed by atoms with Gasteiger partial charge in [0.25, 0.3) is 5.91 Å². The minimum Gasteiger partial charge on any atom is -0.443 e. The number of aliphatic hydroxyl groups excluding tert-OH is 1. The van der Waals surface area contributed by atoms with Crippen LogP contribution >= 0.6 is 0 Å². The molecular weight excluding hydrogens is 372 g/mol. The Balaban J connectivity index is 1.44. The van der Waals surface area contributed by atoms with Gasteiger partial charge in [-0.2, -0.15) is 0 Å². The molecule has 7 nitrogen and oxygen atoms in total. The number of aliphatic hydroxyl groups is 1. The van der Waals surface area contributed by atoms with Gasteiger partial charge in [-0.3, -0.25) is 9.59 Å². The van der Waals surface area contributed by atoms with Crippen molar-refractivity contribution in [2.75, 3.05) is 13.1 Å². The molecule has 1 aromatic heterocycles. The molecule has 4 rings (SSSR count). The Hall–Kier alpha value is -2.81. The summed E-state index contributed by atoms with van der Waals surface area (Å²) in [6.07, 6.45) is -0.299. The number of β-amino-alcohol motifs (C(OH)–C–C–N with tert-alkyl or cyclic N) is 1. The fourth-order valence-corrected chi connectivity index (χ4v) is 3.53. The van der Waals surface area contributed by atoms with E-state index >= 15 is 0 Å². The largest absolute Gasteiger partial charge is 0.443 e. The molecule has 2 aliphatic rings. The first kappa shape index (κ1) is 18.5. The molecule has 4 atom stereocenters. The lowest BCUT2D eigenvalue weighted by atomic mass is 10.1. The van der Waals surface area contributed by atoms with Crippen LogP contribution in [0.2, 0.25) is 0 Å². The topological polar surface area (TPSA) is 95.7 Å². The molecule has 1 saturated heterocycles. The summed E-state index contributed by atoms with van der Waals surface area (Å²) in [5.41, 5.74) is 0.0356. The monoisotopic (exact) mass is 391 g/mol. The Morgan fingerprint density at radius 1 is 1.32 bits per heavy atom. The minimum absolute atomic E-state index is 0.00763. The summed E-state index contributed by atoms with van der Waals surface area (Å²) in [4.78, 5) is 30.2. The average Bonchev–Trinajstić information content (AvgIpc) is 3.07. The number of benzene rings is 1. The van der Waals surface area contributed by atoms with Gasteiger partial charge in [0.15, 0.2) is 17.8 Å². The number of rotatable bonds is 5. The number of oxazole rings is 1. The van der Waals surface area contributed by atoms with Gasteiger partial charge >= 0.3 is 0 Å². The lowest BCUT2D eigenvalue weighted by Gasteiger charge is -2.24. The molecule has 2 N–H and O–H groups in total. The van der Waals surface area contributed by atoms with Crippen LogP contribution in [0.25, 0.3) is 11.3 Å². The van der Waals surface area contributed by atoms with Crippen LogP contribution in [0.1, 0.15) is 23.3 Å². The molecule has 0 bridgehead atoms. The molecule has 148 valence electrons. The molecule has 1 aliphatic carbocycles. The van der Waals surface area contributed by atoms with Crippen LogP contribution in [0, 0.1) is 11.7 Å². The minimum atomic E-state index is -1.13. The van der Waals surface area contributed by atoms with Crippen molar-refractivity contribution in [1.82, 2.24) is 15.2 Å². The van der Waals surface area contributed by atoms with Crippen molar-refractivity contribution >= 4 is 11.8 Å². The summed E-state index contributed by atoms with van der Waals surface area (Å²) in [5, 5.41) is 12.5. The molecule has 1 saturated carbocycles. The molecule has 2 heterocycles. The third-order valence-corrected chi connectivity index (χ3v) is 5.10. The van der Waals surface area contributed by atoms with E-state index in [0.717, 1.165) is 6.39 Å². The Bertz CT molecular complexity index is 903. The second-order valence-corrected chi connectivity index (χ2v) is 7.11. The summed E-state index contributed by atoms with van der Waals surface area (Å²) >= 11 is 0. The molecule has 2 amide bonds. The van der Waals surface area contributed by atoms with Crippen LogP contribution in [0.15, 0.2) is 35.1 Å². The summed E-state index contributed by atoms with van der Waals surface area (Å²) < 4.78 is 32.4. The number of amides is 2. The first-order valence-electron chi connectivity index (χ1n) is 9.05. The SMILES string of the molecule is O=C(NC[C@H]1C[C@@H](O)CN1C(=O)[C@@H]1C[C@H]1F)c1ncoc1-c1ccccc1F. The van der Waals surface area contributed by atoms with E-state index in [0.29, 0.717) is 0 Å². The molecule has 0 spiro atoms. The van der Waals surface area contributed by atoms with E-state index in [1.54, 1.807) is 6.07 Å². The fraction of sp³-hybridized carbons (Fsp3) is 0.421. The maximum atomic E-state index is 14.0. The molecule has 9 heteroatoms. The number of carbonyl (C=O) groups is 2. The van der Waals surface area contributed by atoms with Crippen molar-refractivity contribution in [3.8, 4) is 11.3 Å². The van der Waals surface area contributed by atoms with E-state index < -0.39 is 36.0 Å². The van der Waals surface area contributed by atoms with Crippen LogP contribution in [-0.4, -0.2) is 58.2 Å². The molecular formula is C19H19F2N3O4. The first-order valence-corrected chi connectivity index (χ1v) is 9.05. The smallest absolute Gasteiger partial charge is 0.273 e. The number of aromatic nitrogens is 1. The highest BCUT2D eigenvalue weighted by atomic mass is 19.1. The number of halogens is 2. The first-order chi connectivity index (χ1) is 13.5. The number of hydrogen-bond acceptors (Lipinski definition) is 5. The van der Waals surface area contributed by atoms with Crippen LogP contribution < -0.4 is 5.32 Å². The summed E-state index contributed by atoms with van der Waals surface area (Å²) in [6, 6.07) is 5.42. The third-order valence-electron chi connectivity index (χ3n) is 5.10. The Labute approximate surface area is 159 Å². The van der Waals surface area contributed by atoms with E-state index in [-0.39, 0.29) is 48.9 Å². The predicted octanol–water partition coefficient (Wildman–Crippen LogP) is 1.53. The average molecular weight is 391 g/mol. The Morgan fingerprint density at radius 3 is 2.79 bits per heavy atom. The van der Waals surface area contributed by atoms with E-state index in [9.17, 15) is 23.5 Å². The summed E-state index contributed by atoms with van der Waals surface area (Å²) in [6.45, 7) is 0.182. The fourth-order valence-electron chi connectivity index (χ4n) is 3.53. The van der Waals surface area contributed by atoms with Crippen molar-refractivity contribution in [3.05, 3.63) is 42.2 Å². The Kier molecular flexibility index (Phi) is 4.84. The van der Waals surface area contributed by atoms with Crippen molar-refractivity contribution in [2.24, 2.45) is 5.92 Å². The highest BCUT2D eigenvalue weighted by molar-refractivity contribution is 5.97. The highest BCUT2D eigenvalue weighted by Gasteiger charge is 2.48. The van der Waals surface area contributed by atoms with E-state index in [2.05, 4.69) is 10.3 Å². The molecule has 0 radical (unpaired) electrons. The lowest BCUT2D eigenvalue weighted by Crippen LogP contribution is -2.44. The van der Waals surface area contributed by atoms with Crippen LogP contribution in [-0.2, 0) is 4.79 Å². The number of likely N-dealkylation sites (tertiary alicyclic amines) is 1. The van der Waals surface area contributed by atoms with Gasteiger partial charge in [0.2, 0.25) is 5.91 Å². The van der Waals surface area contributed by atoms with Crippen molar-refractivity contribution < 1.29 is 27.9 Å². The van der Waals surface area contributed by atoms with Crippen molar-refractivity contribution in [2.45, 2.75) is 31.2 Å². The zero-order valence-corrected chi connectivity index (χ0v) is 14.8. The zero-order chi connectivity index (χ0) is 19.8. The normalized spacial score (nSPS) is 26.3. The summed E-state index contributed by atoms with van der Waals surface area (Å²) in [7, 11) is 0. The van der Waals surface area contributed by atoms with E-state index in [1.807, 2.05) is 0 Å². The van der Waals surface area contributed by atoms with Crippen molar-refractivity contribution in [1.29, 1.82) is 0 Å². The van der Waals surface area contributed by atoms with Gasteiger partial charge in [-0.05, 0) is 25.0 Å². The lowest BCUT2D eigenvalue weighted by molar-refractivity contribution is -0.134. The molecule has 1 aromatic carbocycles. The second kappa shape index (κ2) is 7.31. The van der Waals surface area contributed by atoms with Crippen LogP contribution in [0.4, 0.5) is 8.78 Å². The second-order valence-electron chi connectivity index (χ2n) is 7.11. The quantitative estimate of drug-likeness (QED) is 0.806. The van der Waals surface area contributed by atoms with Gasteiger partial charge in [0, 0.05) is 13.1 Å². The standard InChI is InChI=1S/C19H19F2N3O4/c20-14-4-2-1-3-12(14)17-16(23-9-28-17)18(26)22-7-10-5-11(25)8-24(10)19(27)13-6-15(13)21/h1-4,9-11,13,15,25H,5-8H2,(H,22,26)/t10-,11-,13-,15-/m1/s1. The van der Waals surface area contributed by atoms with E-state index in [1.165, 1.54) is 23.1 Å². The van der Waals surface area contributed by atoms with Gasteiger partial charge in [0.05, 0.1) is 23.6 Å². The molecule has 28 heavy (non-hydrogen) atoms. The van der Waals surface area contributed by atoms with Gasteiger partial charge in [-0.15, -0.1) is 0 Å². The number of alkyl halides is 1. The van der Waals surface area contributed by atoms with Gasteiger partial charge in [-0.1, -0.05) is 12.1 Å². The molecule has 2 aromatic rings. The number of hydrogen-bond donors (Lipinski definition) is 2. The van der Waals surface area contributed by atoms with Crippen LogP contribution in [0.3, 0.4) is 0 Å². The zero-order valence-electron chi connectivity index (χ0n) is 14.8.